The van der Waals surface area contributed by atoms with E-state index in [0.717, 1.165) is 24.8 Å². The molecule has 0 spiro atoms. The number of carbonyl (C=O) groups is 3. The molecule has 0 saturated carbocycles. The van der Waals surface area contributed by atoms with Gasteiger partial charge in [-0.15, -0.1) is 0 Å². The summed E-state index contributed by atoms with van der Waals surface area (Å²) in [6.45, 7) is 2.85. The molecule has 4 atom stereocenters. The zero-order valence-corrected chi connectivity index (χ0v) is 24.7. The highest BCUT2D eigenvalue weighted by atomic mass is 19.1. The van der Waals surface area contributed by atoms with E-state index in [0.29, 0.717) is 30.8 Å². The van der Waals surface area contributed by atoms with Crippen molar-refractivity contribution in [3.8, 4) is 0 Å². The summed E-state index contributed by atoms with van der Waals surface area (Å²) < 4.78 is 18.6. The molecule has 3 amide bonds. The molecule has 1 aliphatic heterocycles. The number of ether oxygens (including phenoxy) is 1. The lowest BCUT2D eigenvalue weighted by Crippen LogP contribution is -2.50. The Bertz CT molecular complexity index is 1370. The number of amides is 3. The summed E-state index contributed by atoms with van der Waals surface area (Å²) in [5.74, 6) is -1.72. The number of hydrogen-bond donors (Lipinski definition) is 3. The van der Waals surface area contributed by atoms with E-state index in [4.69, 9.17) is 10.5 Å². The maximum Gasteiger partial charge on any atom is 0.255 e. The van der Waals surface area contributed by atoms with Gasteiger partial charge in [0.15, 0.2) is 0 Å². The number of pyridine rings is 1. The van der Waals surface area contributed by atoms with Crippen LogP contribution in [0.2, 0.25) is 0 Å². The van der Waals surface area contributed by atoms with Crippen LogP contribution in [0.3, 0.4) is 0 Å². The maximum absolute atomic E-state index is 13.5. The molecule has 1 saturated heterocycles. The Kier molecular flexibility index (Phi) is 11.4. The van der Waals surface area contributed by atoms with Gasteiger partial charge in [0.2, 0.25) is 5.91 Å². The Balaban J connectivity index is 1.46. The monoisotopic (exact) mass is 589 g/mol. The van der Waals surface area contributed by atoms with Gasteiger partial charge in [-0.2, -0.15) is 0 Å². The first-order valence-corrected chi connectivity index (χ1v) is 14.7. The highest BCUT2D eigenvalue weighted by molar-refractivity contribution is 5.99. The van der Waals surface area contributed by atoms with Crippen molar-refractivity contribution in [2.45, 2.75) is 57.2 Å². The van der Waals surface area contributed by atoms with Crippen LogP contribution in [-0.2, 0) is 16.0 Å². The first-order valence-electron chi connectivity index (χ1n) is 14.7. The van der Waals surface area contributed by atoms with Gasteiger partial charge < -0.3 is 26.0 Å². The van der Waals surface area contributed by atoms with E-state index < -0.39 is 23.9 Å². The lowest BCUT2D eigenvalue weighted by Gasteiger charge is -2.35. The Labute approximate surface area is 252 Å². The zero-order valence-electron chi connectivity index (χ0n) is 24.7. The van der Waals surface area contributed by atoms with E-state index in [-0.39, 0.29) is 35.7 Å². The first kappa shape index (κ1) is 31.8. The Hall–Kier alpha value is -4.15. The summed E-state index contributed by atoms with van der Waals surface area (Å²) >= 11 is 0. The number of likely N-dealkylation sites (tertiary alicyclic amines) is 1. The van der Waals surface area contributed by atoms with Crippen molar-refractivity contribution in [1.82, 2.24) is 15.2 Å². The van der Waals surface area contributed by atoms with Gasteiger partial charge in [0, 0.05) is 49.7 Å². The average molecular weight is 590 g/mol. The molecule has 1 aliphatic rings. The fraction of sp³-hybridized carbons (Fsp3) is 0.394. The van der Waals surface area contributed by atoms with Crippen LogP contribution in [0.5, 0.6) is 0 Å². The standard InChI is InChI=1S/C33H40FN5O4/c1-22(31(40)37-27-13-11-26(34)12-14-27)16-29(35)30(17-23-8-4-3-5-9-23)38-32(41)24-18-25(20-36-19-24)33(42)39-15-7-6-10-28(39)21-43-2/h3-5,8-9,11-14,18-20,22,28-30H,6-7,10,15-17,21,35H2,1-2H3,(H,37,40)(H,38,41)/t22-,28?,29+,30+/m1/s1. The Morgan fingerprint density at radius 1 is 1.07 bits per heavy atom. The van der Waals surface area contributed by atoms with Crippen LogP contribution in [0, 0.1) is 11.7 Å². The van der Waals surface area contributed by atoms with Crippen molar-refractivity contribution >= 4 is 23.4 Å². The van der Waals surface area contributed by atoms with Crippen molar-refractivity contribution in [2.75, 3.05) is 25.6 Å². The number of rotatable bonds is 12. The van der Waals surface area contributed by atoms with Gasteiger partial charge >= 0.3 is 0 Å². The molecule has 3 aromatic rings. The molecule has 228 valence electrons. The number of nitrogens with two attached hydrogens (primary N) is 1. The lowest BCUT2D eigenvalue weighted by molar-refractivity contribution is -0.119. The van der Waals surface area contributed by atoms with E-state index in [1.807, 2.05) is 30.3 Å². The summed E-state index contributed by atoms with van der Waals surface area (Å²) in [5, 5.41) is 5.82. The van der Waals surface area contributed by atoms with Gasteiger partial charge in [-0.1, -0.05) is 37.3 Å². The highest BCUT2D eigenvalue weighted by Crippen LogP contribution is 2.21. The van der Waals surface area contributed by atoms with Crippen LogP contribution in [0.1, 0.15) is 58.9 Å². The van der Waals surface area contributed by atoms with Gasteiger partial charge in [-0.05, 0) is 68.0 Å². The zero-order chi connectivity index (χ0) is 30.8. The molecule has 9 nitrogen and oxygen atoms in total. The number of nitrogens with one attached hydrogen (secondary N) is 2. The van der Waals surface area contributed by atoms with Crippen LogP contribution < -0.4 is 16.4 Å². The summed E-state index contributed by atoms with van der Waals surface area (Å²) in [6.07, 6.45) is 6.46. The second kappa shape index (κ2) is 15.4. The average Bonchev–Trinajstić information content (AvgIpc) is 3.02. The molecule has 1 aromatic heterocycles. The SMILES string of the molecule is COCC1CCCCN1C(=O)c1cncc(C(=O)N[C@@H](Cc2ccccc2)[C@@H](N)C[C@@H](C)C(=O)Nc2ccc(F)cc2)c1. The van der Waals surface area contributed by atoms with E-state index >= 15 is 0 Å². The third kappa shape index (κ3) is 8.92. The third-order valence-corrected chi connectivity index (χ3v) is 7.81. The predicted octanol–water partition coefficient (Wildman–Crippen LogP) is 4.20. The molecular formula is C33H40FN5O4. The van der Waals surface area contributed by atoms with Crippen molar-refractivity contribution in [3.63, 3.8) is 0 Å². The van der Waals surface area contributed by atoms with Crippen LogP contribution in [0.4, 0.5) is 10.1 Å². The van der Waals surface area contributed by atoms with Crippen molar-refractivity contribution < 1.29 is 23.5 Å². The first-order chi connectivity index (χ1) is 20.7. The number of anilines is 1. The van der Waals surface area contributed by atoms with Crippen LogP contribution in [0.15, 0.2) is 73.1 Å². The number of carbonyl (C=O) groups excluding carboxylic acids is 3. The number of hydrogen-bond acceptors (Lipinski definition) is 6. The third-order valence-electron chi connectivity index (χ3n) is 7.81. The normalized spacial score (nSPS) is 17.0. The summed E-state index contributed by atoms with van der Waals surface area (Å²) in [7, 11) is 1.62. The molecule has 43 heavy (non-hydrogen) atoms. The summed E-state index contributed by atoms with van der Waals surface area (Å²) in [5.41, 5.74) is 8.68. The number of nitrogens with zero attached hydrogens (tertiary/aromatic N) is 2. The fourth-order valence-corrected chi connectivity index (χ4v) is 5.39. The summed E-state index contributed by atoms with van der Waals surface area (Å²) in [4.78, 5) is 45.7. The molecule has 1 fully saturated rings. The second-order valence-electron chi connectivity index (χ2n) is 11.1. The quantitative estimate of drug-likeness (QED) is 0.291. The molecule has 0 radical (unpaired) electrons. The van der Waals surface area contributed by atoms with Gasteiger partial charge in [-0.3, -0.25) is 19.4 Å². The molecule has 2 heterocycles. The fourth-order valence-electron chi connectivity index (χ4n) is 5.39. The van der Waals surface area contributed by atoms with E-state index in [1.54, 1.807) is 25.0 Å². The van der Waals surface area contributed by atoms with Crippen LogP contribution >= 0.6 is 0 Å². The maximum atomic E-state index is 13.5. The minimum absolute atomic E-state index is 0.0146. The van der Waals surface area contributed by atoms with E-state index in [2.05, 4.69) is 15.6 Å². The molecular weight excluding hydrogens is 549 g/mol. The molecule has 4 N–H and O–H groups in total. The highest BCUT2D eigenvalue weighted by Gasteiger charge is 2.29. The molecule has 10 heteroatoms. The van der Waals surface area contributed by atoms with Gasteiger partial charge in [0.1, 0.15) is 5.82 Å². The number of aromatic nitrogens is 1. The largest absolute Gasteiger partial charge is 0.383 e. The Morgan fingerprint density at radius 3 is 2.51 bits per heavy atom. The molecule has 2 aromatic carbocycles. The topological polar surface area (TPSA) is 127 Å². The minimum atomic E-state index is -0.570. The minimum Gasteiger partial charge on any atom is -0.383 e. The van der Waals surface area contributed by atoms with E-state index in [1.165, 1.54) is 36.7 Å². The predicted molar refractivity (Wildman–Crippen MR) is 163 cm³/mol. The Morgan fingerprint density at radius 2 is 1.79 bits per heavy atom. The van der Waals surface area contributed by atoms with Gasteiger partial charge in [0.05, 0.1) is 23.8 Å². The lowest BCUT2D eigenvalue weighted by atomic mass is 9.92. The number of halogens is 1. The van der Waals surface area contributed by atoms with Crippen molar-refractivity contribution in [1.29, 1.82) is 0 Å². The van der Waals surface area contributed by atoms with Gasteiger partial charge in [0.25, 0.3) is 11.8 Å². The molecule has 0 bridgehead atoms. The number of methoxy groups -OCH3 is 1. The van der Waals surface area contributed by atoms with E-state index in [9.17, 15) is 18.8 Å². The molecule has 0 aliphatic carbocycles. The molecule has 4 rings (SSSR count). The van der Waals surface area contributed by atoms with Gasteiger partial charge in [-0.25, -0.2) is 4.39 Å². The molecule has 1 unspecified atom stereocenters. The smallest absolute Gasteiger partial charge is 0.255 e. The van der Waals surface area contributed by atoms with Crippen LogP contribution in [-0.4, -0.2) is 66.0 Å². The number of piperidine rings is 1. The van der Waals surface area contributed by atoms with Crippen molar-refractivity contribution in [2.24, 2.45) is 11.7 Å². The second-order valence-corrected chi connectivity index (χ2v) is 11.1. The van der Waals surface area contributed by atoms with Crippen molar-refractivity contribution in [3.05, 3.63) is 95.6 Å². The van der Waals surface area contributed by atoms with Crippen LogP contribution in [0.25, 0.3) is 0 Å². The summed E-state index contributed by atoms with van der Waals surface area (Å²) in [6, 6.07) is 15.6. The number of benzene rings is 2.